The van der Waals surface area contributed by atoms with Crippen LogP contribution in [0.15, 0.2) is 6.07 Å². The maximum Gasteiger partial charge on any atom is 0.406 e. The molecule has 2 N–H and O–H groups in total. The van der Waals surface area contributed by atoms with Crippen molar-refractivity contribution in [2.75, 3.05) is 6.54 Å². The Bertz CT molecular complexity index is 900. The molecule has 6 nitrogen and oxygen atoms in total. The maximum atomic E-state index is 12.9. The first-order valence-corrected chi connectivity index (χ1v) is 7.95. The summed E-state index contributed by atoms with van der Waals surface area (Å²) in [4.78, 5) is 24.2. The minimum absolute atomic E-state index is 0.0452. The van der Waals surface area contributed by atoms with E-state index in [0.29, 0.717) is 26.9 Å². The summed E-state index contributed by atoms with van der Waals surface area (Å²) in [6, 6.07) is 1.51. The Hall–Kier alpha value is -2.23. The zero-order valence-corrected chi connectivity index (χ0v) is 14.0. The van der Waals surface area contributed by atoms with Gasteiger partial charge in [0.1, 0.15) is 19.5 Å². The zero-order chi connectivity index (χ0) is 19.2. The van der Waals surface area contributed by atoms with Gasteiger partial charge in [-0.1, -0.05) is 23.1 Å². The molecule has 136 valence electrons. The van der Waals surface area contributed by atoms with Crippen molar-refractivity contribution in [3.8, 4) is 0 Å². The highest BCUT2D eigenvalue weighted by Gasteiger charge is 2.39. The van der Waals surface area contributed by atoms with Crippen molar-refractivity contribution in [3.63, 3.8) is 0 Å². The summed E-state index contributed by atoms with van der Waals surface area (Å²) in [7, 11) is 5.93. The predicted molar refractivity (Wildman–Crippen MR) is 87.4 cm³/mol. The molecule has 11 heteroatoms. The molecule has 2 aromatic rings. The highest BCUT2D eigenvalue weighted by atomic mass is 35.5. The largest absolute Gasteiger partial charge is 0.481 e. The summed E-state index contributed by atoms with van der Waals surface area (Å²) >= 11 is 6.08. The molecule has 0 fully saturated rings. The van der Waals surface area contributed by atoms with Crippen LogP contribution in [-0.4, -0.2) is 52.6 Å². The molecule has 1 aromatic heterocycles. The van der Waals surface area contributed by atoms with E-state index in [0.717, 1.165) is 0 Å². The summed E-state index contributed by atoms with van der Waals surface area (Å²) in [5.41, 5.74) is 1.42. The number of carboxylic acids is 1. The number of hydrogen-bond acceptors (Lipinski definition) is 3. The number of fused-ring (bicyclic) bond motifs is 3. The average Bonchev–Trinajstić information content (AvgIpc) is 2.84. The van der Waals surface area contributed by atoms with Crippen LogP contribution in [0.5, 0.6) is 0 Å². The van der Waals surface area contributed by atoms with Crippen molar-refractivity contribution in [3.05, 3.63) is 22.3 Å². The quantitative estimate of drug-likeness (QED) is 0.785. The molecular weight excluding hydrogens is 373 g/mol. The van der Waals surface area contributed by atoms with E-state index < -0.39 is 36.9 Å². The molecule has 0 aliphatic carbocycles. The Morgan fingerprint density at radius 1 is 1.50 bits per heavy atom. The SMILES string of the molecule is [B]c1cc2c(c3c(Cl)[nH]nc13)CN(CC(F)(F)F)C(=O)[C@H](CC(=O)O)C2. The fourth-order valence-electron chi connectivity index (χ4n) is 3.27. The fourth-order valence-corrected chi connectivity index (χ4v) is 3.52. The lowest BCUT2D eigenvalue weighted by atomic mass is 9.86. The summed E-state index contributed by atoms with van der Waals surface area (Å²) in [6.45, 7) is -1.84. The van der Waals surface area contributed by atoms with Crippen LogP contribution in [0.2, 0.25) is 5.15 Å². The van der Waals surface area contributed by atoms with E-state index in [4.69, 9.17) is 24.6 Å². The highest BCUT2D eigenvalue weighted by Crippen LogP contribution is 2.33. The number of H-pyrrole nitrogens is 1. The predicted octanol–water partition coefficient (Wildman–Crippen LogP) is 1.55. The monoisotopic (exact) mass is 385 g/mol. The number of benzene rings is 1. The lowest BCUT2D eigenvalue weighted by Crippen LogP contribution is -2.41. The first-order valence-electron chi connectivity index (χ1n) is 7.58. The van der Waals surface area contributed by atoms with Gasteiger partial charge in [0, 0.05) is 11.9 Å². The molecule has 26 heavy (non-hydrogen) atoms. The van der Waals surface area contributed by atoms with E-state index in [1.165, 1.54) is 6.07 Å². The van der Waals surface area contributed by atoms with Crippen LogP contribution in [0.3, 0.4) is 0 Å². The highest BCUT2D eigenvalue weighted by molar-refractivity contribution is 6.41. The molecule has 1 amide bonds. The molecule has 0 bridgehead atoms. The number of aliphatic carboxylic acids is 1. The van der Waals surface area contributed by atoms with Crippen LogP contribution in [0.25, 0.3) is 10.9 Å². The van der Waals surface area contributed by atoms with Gasteiger partial charge in [-0.3, -0.25) is 14.7 Å². The minimum atomic E-state index is -4.62. The Labute approximate surface area is 151 Å². The summed E-state index contributed by atoms with van der Waals surface area (Å²) in [5.74, 6) is -3.26. The Morgan fingerprint density at radius 2 is 2.19 bits per heavy atom. The number of carbonyl (C=O) groups is 2. The number of rotatable bonds is 3. The maximum absolute atomic E-state index is 12.9. The third kappa shape index (κ3) is 3.51. The van der Waals surface area contributed by atoms with Crippen LogP contribution in [-0.2, 0) is 22.6 Å². The molecule has 1 aliphatic rings. The van der Waals surface area contributed by atoms with E-state index >= 15 is 0 Å². The van der Waals surface area contributed by atoms with Crippen LogP contribution in [0.4, 0.5) is 13.2 Å². The lowest BCUT2D eigenvalue weighted by molar-refractivity contribution is -0.165. The van der Waals surface area contributed by atoms with Crippen molar-refractivity contribution in [1.82, 2.24) is 15.1 Å². The van der Waals surface area contributed by atoms with E-state index in [-0.39, 0.29) is 23.6 Å². The molecule has 0 unspecified atom stereocenters. The number of amides is 1. The van der Waals surface area contributed by atoms with Gasteiger partial charge in [-0.2, -0.15) is 18.3 Å². The summed E-state index contributed by atoms with van der Waals surface area (Å²) in [6.07, 6.45) is -5.25. The van der Waals surface area contributed by atoms with Crippen molar-refractivity contribution in [1.29, 1.82) is 0 Å². The molecule has 1 aromatic carbocycles. The molecule has 1 atom stereocenters. The van der Waals surface area contributed by atoms with E-state index in [1.54, 1.807) is 0 Å². The number of alkyl halides is 3. The van der Waals surface area contributed by atoms with Gasteiger partial charge in [0.25, 0.3) is 0 Å². The van der Waals surface area contributed by atoms with Gasteiger partial charge < -0.3 is 10.0 Å². The first-order chi connectivity index (χ1) is 12.1. The average molecular weight is 386 g/mol. The molecule has 2 heterocycles. The minimum Gasteiger partial charge on any atom is -0.481 e. The molecular formula is C15H12BClF3N3O3. The smallest absolute Gasteiger partial charge is 0.406 e. The summed E-state index contributed by atoms with van der Waals surface area (Å²) in [5, 5.41) is 15.9. The van der Waals surface area contributed by atoms with Crippen molar-refractivity contribution >= 4 is 47.7 Å². The van der Waals surface area contributed by atoms with Gasteiger partial charge in [-0.15, -0.1) is 0 Å². The number of carboxylic acid groups (broad SMARTS) is 1. The number of nitrogens with one attached hydrogen (secondary N) is 1. The van der Waals surface area contributed by atoms with Crippen LogP contribution >= 0.6 is 11.6 Å². The van der Waals surface area contributed by atoms with Crippen molar-refractivity contribution in [2.24, 2.45) is 5.92 Å². The number of hydrogen-bond donors (Lipinski definition) is 2. The second-order valence-electron chi connectivity index (χ2n) is 6.17. The fraction of sp³-hybridized carbons (Fsp3) is 0.400. The Balaban J connectivity index is 2.16. The topological polar surface area (TPSA) is 86.3 Å². The van der Waals surface area contributed by atoms with Gasteiger partial charge >= 0.3 is 12.1 Å². The standard InChI is InChI=1S/C15H12BClF3N3O3/c16-9-2-6-1-7(3-10(24)25)14(26)23(5-15(18,19)20)4-8(6)11-12(9)21-22-13(11)17/h2,7H,1,3-5H2,(H,21,22)(H,24,25)/t7-/m0/s1. The number of carbonyl (C=O) groups excluding carboxylic acids is 1. The molecule has 0 saturated carbocycles. The van der Waals surface area contributed by atoms with E-state index in [9.17, 15) is 22.8 Å². The lowest BCUT2D eigenvalue weighted by Gasteiger charge is -2.25. The first kappa shape index (κ1) is 18.6. The van der Waals surface area contributed by atoms with Gasteiger partial charge in [0.15, 0.2) is 0 Å². The third-order valence-corrected chi connectivity index (χ3v) is 4.56. The van der Waals surface area contributed by atoms with Gasteiger partial charge in [0.05, 0.1) is 17.9 Å². The van der Waals surface area contributed by atoms with Crippen molar-refractivity contribution in [2.45, 2.75) is 25.6 Å². The van der Waals surface area contributed by atoms with E-state index in [2.05, 4.69) is 10.2 Å². The molecule has 1 aliphatic heterocycles. The van der Waals surface area contributed by atoms with Crippen LogP contribution in [0, 0.1) is 5.92 Å². The normalized spacial score (nSPS) is 18.1. The second kappa shape index (κ2) is 6.50. The Kier molecular flexibility index (Phi) is 4.64. The Morgan fingerprint density at radius 3 is 2.81 bits per heavy atom. The van der Waals surface area contributed by atoms with E-state index in [1.807, 2.05) is 0 Å². The number of halogens is 4. The molecule has 0 saturated heterocycles. The second-order valence-corrected chi connectivity index (χ2v) is 6.55. The van der Waals surface area contributed by atoms with Crippen LogP contribution in [0.1, 0.15) is 17.5 Å². The summed E-state index contributed by atoms with van der Waals surface area (Å²) < 4.78 is 38.8. The van der Waals surface area contributed by atoms with Gasteiger partial charge in [0.2, 0.25) is 5.91 Å². The number of aromatic nitrogens is 2. The van der Waals surface area contributed by atoms with Gasteiger partial charge in [-0.05, 0) is 17.5 Å². The van der Waals surface area contributed by atoms with Crippen LogP contribution < -0.4 is 5.46 Å². The molecule has 0 spiro atoms. The zero-order valence-electron chi connectivity index (χ0n) is 13.2. The third-order valence-electron chi connectivity index (χ3n) is 4.28. The molecule has 2 radical (unpaired) electrons. The van der Waals surface area contributed by atoms with Crippen molar-refractivity contribution < 1.29 is 27.9 Å². The van der Waals surface area contributed by atoms with Gasteiger partial charge in [-0.25, -0.2) is 0 Å². The number of aromatic amines is 1. The molecule has 3 rings (SSSR count). The number of nitrogens with zero attached hydrogens (tertiary/aromatic N) is 2.